The van der Waals surface area contributed by atoms with Crippen LogP contribution in [0.15, 0.2) is 55.0 Å². The van der Waals surface area contributed by atoms with E-state index in [2.05, 4.69) is 33.5 Å². The molecule has 0 saturated heterocycles. The second-order valence-electron chi connectivity index (χ2n) is 7.32. The molecule has 0 aliphatic rings. The van der Waals surface area contributed by atoms with Gasteiger partial charge in [0, 0.05) is 11.9 Å². The highest BCUT2D eigenvalue weighted by molar-refractivity contribution is 5.93. The largest absolute Gasteiger partial charge is 0.497 e. The molecule has 8 heteroatoms. The van der Waals surface area contributed by atoms with Gasteiger partial charge in [0.25, 0.3) is 0 Å². The maximum atomic E-state index is 5.84. The van der Waals surface area contributed by atoms with Crippen molar-refractivity contribution in [3.05, 3.63) is 77.8 Å². The van der Waals surface area contributed by atoms with Crippen molar-refractivity contribution in [3.8, 4) is 11.5 Å². The SMILES string of the molecule is COc1ccc(OCc2nc3c4c(C)c(C)n(Cc5ccccn5)c4ncn3n2)cc1. The predicted octanol–water partition coefficient (Wildman–Crippen LogP) is 3.73. The minimum absolute atomic E-state index is 0.266. The first-order valence-electron chi connectivity index (χ1n) is 10.0. The number of hydrogen-bond acceptors (Lipinski definition) is 6. The monoisotopic (exact) mass is 414 g/mol. The normalized spacial score (nSPS) is 11.3. The summed E-state index contributed by atoms with van der Waals surface area (Å²) in [7, 11) is 1.64. The Morgan fingerprint density at radius 1 is 0.935 bits per heavy atom. The number of ether oxygens (including phenoxy) is 2. The zero-order valence-corrected chi connectivity index (χ0v) is 17.6. The van der Waals surface area contributed by atoms with Gasteiger partial charge in [-0.25, -0.2) is 14.5 Å². The smallest absolute Gasteiger partial charge is 0.189 e. The molecule has 0 saturated carbocycles. The lowest BCUT2D eigenvalue weighted by Gasteiger charge is -2.07. The molecule has 4 aromatic heterocycles. The third kappa shape index (κ3) is 3.46. The Hall–Kier alpha value is -3.94. The number of fused-ring (bicyclic) bond motifs is 3. The van der Waals surface area contributed by atoms with E-state index in [-0.39, 0.29) is 6.61 Å². The molecule has 0 unspecified atom stereocenters. The van der Waals surface area contributed by atoms with Gasteiger partial charge in [-0.05, 0) is 55.8 Å². The lowest BCUT2D eigenvalue weighted by Crippen LogP contribution is -2.04. The Balaban J connectivity index is 1.48. The van der Waals surface area contributed by atoms with Crippen molar-refractivity contribution < 1.29 is 9.47 Å². The van der Waals surface area contributed by atoms with Crippen LogP contribution >= 0.6 is 0 Å². The van der Waals surface area contributed by atoms with E-state index in [1.807, 2.05) is 48.7 Å². The molecular weight excluding hydrogens is 392 g/mol. The number of aryl methyl sites for hydroxylation is 1. The molecule has 0 N–H and O–H groups in total. The standard InChI is InChI=1S/C23H22N6O2/c1-15-16(2)28(12-17-6-4-5-11-24-17)22-21(15)23-26-20(27-29(23)14-25-22)13-31-19-9-7-18(30-3)8-10-19/h4-11,14H,12-13H2,1-3H3. The van der Waals surface area contributed by atoms with Crippen LogP contribution in [-0.2, 0) is 13.2 Å². The Morgan fingerprint density at radius 3 is 2.48 bits per heavy atom. The van der Waals surface area contributed by atoms with Crippen molar-refractivity contribution in [1.82, 2.24) is 29.1 Å². The van der Waals surface area contributed by atoms with E-state index in [1.54, 1.807) is 18.0 Å². The average Bonchev–Trinajstić information content (AvgIpc) is 3.33. The average molecular weight is 414 g/mol. The lowest BCUT2D eigenvalue weighted by molar-refractivity contribution is 0.295. The summed E-state index contributed by atoms with van der Waals surface area (Å²) in [6.45, 7) is 5.11. The third-order valence-electron chi connectivity index (χ3n) is 5.46. The van der Waals surface area contributed by atoms with Crippen LogP contribution in [-0.4, -0.2) is 36.2 Å². The molecule has 0 spiro atoms. The first-order valence-corrected chi connectivity index (χ1v) is 10.0. The number of benzene rings is 1. The molecule has 0 aliphatic heterocycles. The summed E-state index contributed by atoms with van der Waals surface area (Å²) in [4.78, 5) is 13.9. The Kier molecular flexibility index (Phi) is 4.74. The molecule has 5 aromatic rings. The second kappa shape index (κ2) is 7.71. The van der Waals surface area contributed by atoms with Crippen molar-refractivity contribution in [1.29, 1.82) is 0 Å². The van der Waals surface area contributed by atoms with Gasteiger partial charge >= 0.3 is 0 Å². The molecular formula is C23H22N6O2. The molecule has 8 nitrogen and oxygen atoms in total. The van der Waals surface area contributed by atoms with Crippen molar-refractivity contribution in [2.24, 2.45) is 0 Å². The molecule has 31 heavy (non-hydrogen) atoms. The van der Waals surface area contributed by atoms with Crippen molar-refractivity contribution in [2.75, 3.05) is 7.11 Å². The van der Waals surface area contributed by atoms with Gasteiger partial charge in [-0.1, -0.05) is 6.07 Å². The number of pyridine rings is 1. The number of nitrogens with zero attached hydrogens (tertiary/aromatic N) is 6. The molecule has 0 aliphatic carbocycles. The zero-order chi connectivity index (χ0) is 21.4. The third-order valence-corrected chi connectivity index (χ3v) is 5.46. The molecule has 0 amide bonds. The van der Waals surface area contributed by atoms with Crippen LogP contribution in [0, 0.1) is 13.8 Å². The molecule has 1 aromatic carbocycles. The number of hydrogen-bond donors (Lipinski definition) is 0. The summed E-state index contributed by atoms with van der Waals surface area (Å²) in [6.07, 6.45) is 3.51. The van der Waals surface area contributed by atoms with Gasteiger partial charge in [0.05, 0.1) is 24.7 Å². The Morgan fingerprint density at radius 2 is 1.74 bits per heavy atom. The predicted molar refractivity (Wildman–Crippen MR) is 116 cm³/mol. The van der Waals surface area contributed by atoms with E-state index < -0.39 is 0 Å². The van der Waals surface area contributed by atoms with Gasteiger partial charge in [0.1, 0.15) is 30.1 Å². The van der Waals surface area contributed by atoms with Gasteiger partial charge in [-0.15, -0.1) is 5.10 Å². The van der Waals surface area contributed by atoms with Crippen LogP contribution in [0.5, 0.6) is 11.5 Å². The van der Waals surface area contributed by atoms with Crippen molar-refractivity contribution in [3.63, 3.8) is 0 Å². The summed E-state index contributed by atoms with van der Waals surface area (Å²) in [5, 5.41) is 5.55. The summed E-state index contributed by atoms with van der Waals surface area (Å²) in [6, 6.07) is 13.4. The topological polar surface area (TPSA) is 79.4 Å². The molecule has 4 heterocycles. The van der Waals surface area contributed by atoms with Crippen LogP contribution in [0.1, 0.15) is 22.8 Å². The highest BCUT2D eigenvalue weighted by Crippen LogP contribution is 2.27. The van der Waals surface area contributed by atoms with Crippen molar-refractivity contribution >= 4 is 16.7 Å². The maximum absolute atomic E-state index is 5.84. The quantitative estimate of drug-likeness (QED) is 0.421. The Labute approximate surface area is 179 Å². The van der Waals surface area contributed by atoms with Crippen LogP contribution in [0.4, 0.5) is 0 Å². The first kappa shape index (κ1) is 19.0. The van der Waals surface area contributed by atoms with E-state index in [1.165, 1.54) is 0 Å². The van der Waals surface area contributed by atoms with Crippen LogP contribution in [0.2, 0.25) is 0 Å². The molecule has 156 valence electrons. The molecule has 0 bridgehead atoms. The highest BCUT2D eigenvalue weighted by Gasteiger charge is 2.18. The fraction of sp³-hybridized carbons (Fsp3) is 0.217. The van der Waals surface area contributed by atoms with E-state index in [9.17, 15) is 0 Å². The first-order chi connectivity index (χ1) is 15.1. The zero-order valence-electron chi connectivity index (χ0n) is 17.6. The maximum Gasteiger partial charge on any atom is 0.189 e. The van der Waals surface area contributed by atoms with Crippen LogP contribution in [0.3, 0.4) is 0 Å². The lowest BCUT2D eigenvalue weighted by atomic mass is 10.2. The second-order valence-corrected chi connectivity index (χ2v) is 7.32. The number of rotatable bonds is 6. The molecule has 0 fully saturated rings. The summed E-state index contributed by atoms with van der Waals surface area (Å²) >= 11 is 0. The summed E-state index contributed by atoms with van der Waals surface area (Å²) < 4.78 is 14.9. The van der Waals surface area contributed by atoms with Crippen molar-refractivity contribution in [2.45, 2.75) is 27.0 Å². The minimum Gasteiger partial charge on any atom is -0.497 e. The van der Waals surface area contributed by atoms with Gasteiger partial charge < -0.3 is 14.0 Å². The molecule has 0 atom stereocenters. The van der Waals surface area contributed by atoms with Gasteiger partial charge in [-0.3, -0.25) is 4.98 Å². The van der Waals surface area contributed by atoms with E-state index in [4.69, 9.17) is 14.5 Å². The van der Waals surface area contributed by atoms with Gasteiger partial charge in [0.15, 0.2) is 11.5 Å². The summed E-state index contributed by atoms with van der Waals surface area (Å²) in [5.41, 5.74) is 4.92. The van der Waals surface area contributed by atoms with E-state index in [0.29, 0.717) is 12.4 Å². The molecule has 5 rings (SSSR count). The highest BCUT2D eigenvalue weighted by atomic mass is 16.5. The van der Waals surface area contributed by atoms with Gasteiger partial charge in [0.2, 0.25) is 0 Å². The minimum atomic E-state index is 0.266. The molecule has 0 radical (unpaired) electrons. The van der Waals surface area contributed by atoms with Crippen LogP contribution in [0.25, 0.3) is 16.7 Å². The fourth-order valence-electron chi connectivity index (χ4n) is 3.70. The van der Waals surface area contributed by atoms with Crippen LogP contribution < -0.4 is 9.47 Å². The fourth-order valence-corrected chi connectivity index (χ4v) is 3.70. The summed E-state index contributed by atoms with van der Waals surface area (Å²) in [5.74, 6) is 2.11. The number of aromatic nitrogens is 6. The Bertz CT molecular complexity index is 1360. The van der Waals surface area contributed by atoms with Gasteiger partial charge in [-0.2, -0.15) is 0 Å². The number of methoxy groups -OCH3 is 1. The van der Waals surface area contributed by atoms with E-state index in [0.717, 1.165) is 45.1 Å². The van der Waals surface area contributed by atoms with E-state index >= 15 is 0 Å².